The highest BCUT2D eigenvalue weighted by Crippen LogP contribution is 2.35. The molecule has 0 aliphatic carbocycles. The van der Waals surface area contributed by atoms with E-state index in [1.165, 1.54) is 5.56 Å². The third kappa shape index (κ3) is 2.32. The van der Waals surface area contributed by atoms with Gasteiger partial charge >= 0.3 is 5.97 Å². The minimum atomic E-state index is -0.681. The Morgan fingerprint density at radius 1 is 1.47 bits per heavy atom. The number of likely N-dealkylation sites (tertiary alicyclic amines) is 1. The Labute approximate surface area is 113 Å². The normalized spacial score (nSPS) is 24.4. The molecule has 1 aromatic rings. The molecule has 2 atom stereocenters. The summed E-state index contributed by atoms with van der Waals surface area (Å²) in [6.07, 6.45) is 0. The molecule has 102 valence electrons. The monoisotopic (exact) mass is 261 g/mol. The average molecular weight is 261 g/mol. The molecule has 4 nitrogen and oxygen atoms in total. The summed E-state index contributed by atoms with van der Waals surface area (Å²) in [6.45, 7) is 5.31. The van der Waals surface area contributed by atoms with Crippen LogP contribution in [-0.2, 0) is 4.79 Å². The Hall–Kier alpha value is -1.55. The third-order valence-corrected chi connectivity index (χ3v) is 4.36. The van der Waals surface area contributed by atoms with Gasteiger partial charge in [0.05, 0.1) is 12.5 Å². The molecule has 1 fully saturated rings. The number of para-hydroxylation sites is 1. The van der Waals surface area contributed by atoms with Crippen LogP contribution in [-0.4, -0.2) is 42.2 Å². The van der Waals surface area contributed by atoms with Crippen molar-refractivity contribution in [2.75, 3.05) is 26.2 Å². The molecule has 3 rings (SSSR count). The molecule has 1 N–H and O–H groups in total. The summed E-state index contributed by atoms with van der Waals surface area (Å²) in [5.74, 6) is 0.818. The minimum absolute atomic E-state index is 0.233. The largest absolute Gasteiger partial charge is 0.493 e. The number of nitrogens with zero attached hydrogens (tertiary/aromatic N) is 1. The standard InChI is InChI=1S/C15H19NO3/c1-10(15(17)18)11-6-16(7-11)8-12-9-19-14-5-3-2-4-13(12)14/h2-5,10-12H,6-9H2,1H3,(H,17,18). The summed E-state index contributed by atoms with van der Waals surface area (Å²) < 4.78 is 5.67. The van der Waals surface area contributed by atoms with Crippen LogP contribution >= 0.6 is 0 Å². The first-order chi connectivity index (χ1) is 9.15. The average Bonchev–Trinajstić information content (AvgIpc) is 2.75. The van der Waals surface area contributed by atoms with Crippen LogP contribution in [0, 0.1) is 11.8 Å². The second-order valence-corrected chi connectivity index (χ2v) is 5.65. The van der Waals surface area contributed by atoms with Gasteiger partial charge in [0.25, 0.3) is 0 Å². The molecule has 1 saturated heterocycles. The molecule has 0 bridgehead atoms. The molecule has 4 heteroatoms. The lowest BCUT2D eigenvalue weighted by molar-refractivity contribution is -0.145. The van der Waals surface area contributed by atoms with Crippen molar-refractivity contribution in [2.45, 2.75) is 12.8 Å². The zero-order valence-corrected chi connectivity index (χ0v) is 11.1. The van der Waals surface area contributed by atoms with Gasteiger partial charge in [-0.2, -0.15) is 0 Å². The van der Waals surface area contributed by atoms with Gasteiger partial charge in [0.15, 0.2) is 0 Å². The molecule has 0 radical (unpaired) electrons. The number of rotatable bonds is 4. The number of benzene rings is 1. The van der Waals surface area contributed by atoms with E-state index < -0.39 is 5.97 Å². The van der Waals surface area contributed by atoms with Crippen molar-refractivity contribution in [3.63, 3.8) is 0 Å². The maximum Gasteiger partial charge on any atom is 0.306 e. The lowest BCUT2D eigenvalue weighted by Crippen LogP contribution is -2.52. The number of hydrogen-bond donors (Lipinski definition) is 1. The molecule has 0 amide bonds. The predicted molar refractivity (Wildman–Crippen MR) is 71.4 cm³/mol. The summed E-state index contributed by atoms with van der Waals surface area (Å²) in [7, 11) is 0. The highest BCUT2D eigenvalue weighted by atomic mass is 16.5. The number of carbonyl (C=O) groups is 1. The third-order valence-electron chi connectivity index (χ3n) is 4.36. The van der Waals surface area contributed by atoms with E-state index in [1.54, 1.807) is 6.92 Å². The Kier molecular flexibility index (Phi) is 3.19. The highest BCUT2D eigenvalue weighted by Gasteiger charge is 2.36. The van der Waals surface area contributed by atoms with Gasteiger partial charge < -0.3 is 14.7 Å². The number of fused-ring (bicyclic) bond motifs is 1. The zero-order chi connectivity index (χ0) is 13.4. The second kappa shape index (κ2) is 4.85. The van der Waals surface area contributed by atoms with Crippen LogP contribution in [0.3, 0.4) is 0 Å². The van der Waals surface area contributed by atoms with Gasteiger partial charge in [0.1, 0.15) is 5.75 Å². The molecule has 0 spiro atoms. The van der Waals surface area contributed by atoms with E-state index in [0.717, 1.165) is 32.0 Å². The maximum atomic E-state index is 10.9. The van der Waals surface area contributed by atoms with Crippen LogP contribution in [0.5, 0.6) is 5.75 Å². The van der Waals surface area contributed by atoms with E-state index >= 15 is 0 Å². The van der Waals surface area contributed by atoms with Gasteiger partial charge in [-0.05, 0) is 12.0 Å². The summed E-state index contributed by atoms with van der Waals surface area (Å²) in [6, 6.07) is 8.19. The Balaban J connectivity index is 1.54. The van der Waals surface area contributed by atoms with Crippen molar-refractivity contribution in [3.8, 4) is 5.75 Å². The molecule has 2 heterocycles. The van der Waals surface area contributed by atoms with Crippen LogP contribution in [0.2, 0.25) is 0 Å². The van der Waals surface area contributed by atoms with Crippen LogP contribution < -0.4 is 4.74 Å². The molecule has 2 aliphatic rings. The molecule has 0 aromatic heterocycles. The van der Waals surface area contributed by atoms with Gasteiger partial charge in [-0.3, -0.25) is 4.79 Å². The number of carboxylic acids is 1. The first kappa shape index (κ1) is 12.5. The van der Waals surface area contributed by atoms with E-state index in [0.29, 0.717) is 11.8 Å². The van der Waals surface area contributed by atoms with Crippen molar-refractivity contribution in [1.29, 1.82) is 0 Å². The van der Waals surface area contributed by atoms with Crippen LogP contribution in [0.25, 0.3) is 0 Å². The summed E-state index contributed by atoms with van der Waals surface area (Å²) in [5.41, 5.74) is 1.29. The lowest BCUT2D eigenvalue weighted by atomic mass is 9.86. The van der Waals surface area contributed by atoms with E-state index in [-0.39, 0.29) is 5.92 Å². The first-order valence-electron chi connectivity index (χ1n) is 6.82. The first-order valence-corrected chi connectivity index (χ1v) is 6.82. The lowest BCUT2D eigenvalue weighted by Gasteiger charge is -2.42. The highest BCUT2D eigenvalue weighted by molar-refractivity contribution is 5.70. The molecule has 0 saturated carbocycles. The zero-order valence-electron chi connectivity index (χ0n) is 11.1. The second-order valence-electron chi connectivity index (χ2n) is 5.65. The van der Waals surface area contributed by atoms with Crippen molar-refractivity contribution >= 4 is 5.97 Å². The summed E-state index contributed by atoms with van der Waals surface area (Å²) in [5, 5.41) is 8.98. The van der Waals surface area contributed by atoms with Crippen LogP contribution in [0.4, 0.5) is 0 Å². The van der Waals surface area contributed by atoms with Gasteiger partial charge in [0.2, 0.25) is 0 Å². The minimum Gasteiger partial charge on any atom is -0.493 e. The van der Waals surface area contributed by atoms with E-state index in [4.69, 9.17) is 9.84 Å². The fraction of sp³-hybridized carbons (Fsp3) is 0.533. The Morgan fingerprint density at radius 3 is 2.95 bits per heavy atom. The van der Waals surface area contributed by atoms with Crippen LogP contribution in [0.15, 0.2) is 24.3 Å². The fourth-order valence-electron chi connectivity index (χ4n) is 2.97. The van der Waals surface area contributed by atoms with E-state index in [1.807, 2.05) is 18.2 Å². The SMILES string of the molecule is CC(C(=O)O)C1CN(CC2COc3ccccc32)C1. The van der Waals surface area contributed by atoms with Crippen molar-refractivity contribution in [1.82, 2.24) is 4.90 Å². The van der Waals surface area contributed by atoms with E-state index in [2.05, 4.69) is 11.0 Å². The molecular formula is C15H19NO3. The number of aliphatic carboxylic acids is 1. The number of hydrogen-bond acceptors (Lipinski definition) is 3. The molecule has 19 heavy (non-hydrogen) atoms. The van der Waals surface area contributed by atoms with E-state index in [9.17, 15) is 4.79 Å². The van der Waals surface area contributed by atoms with Gasteiger partial charge in [0, 0.05) is 31.1 Å². The fourth-order valence-corrected chi connectivity index (χ4v) is 2.97. The summed E-state index contributed by atoms with van der Waals surface area (Å²) >= 11 is 0. The van der Waals surface area contributed by atoms with Gasteiger partial charge in [-0.15, -0.1) is 0 Å². The van der Waals surface area contributed by atoms with Crippen molar-refractivity contribution in [2.24, 2.45) is 11.8 Å². The van der Waals surface area contributed by atoms with Crippen LogP contribution in [0.1, 0.15) is 18.4 Å². The van der Waals surface area contributed by atoms with Gasteiger partial charge in [-0.1, -0.05) is 25.1 Å². The number of ether oxygens (including phenoxy) is 1. The molecule has 2 aliphatic heterocycles. The Bertz CT molecular complexity index is 482. The molecular weight excluding hydrogens is 242 g/mol. The molecule has 2 unspecified atom stereocenters. The van der Waals surface area contributed by atoms with Crippen molar-refractivity contribution < 1.29 is 14.6 Å². The smallest absolute Gasteiger partial charge is 0.306 e. The molecule has 1 aromatic carbocycles. The van der Waals surface area contributed by atoms with Gasteiger partial charge in [-0.25, -0.2) is 0 Å². The topological polar surface area (TPSA) is 49.8 Å². The van der Waals surface area contributed by atoms with Crippen molar-refractivity contribution in [3.05, 3.63) is 29.8 Å². The summed E-state index contributed by atoms with van der Waals surface area (Å²) in [4.78, 5) is 13.2. The number of carboxylic acid groups (broad SMARTS) is 1. The maximum absolute atomic E-state index is 10.9. The quantitative estimate of drug-likeness (QED) is 0.898. The predicted octanol–water partition coefficient (Wildman–Crippen LogP) is 1.82. The Morgan fingerprint density at radius 2 is 2.21 bits per heavy atom.